The van der Waals surface area contributed by atoms with E-state index in [0.29, 0.717) is 18.0 Å². The summed E-state index contributed by atoms with van der Waals surface area (Å²) in [5, 5.41) is 3.48. The van der Waals surface area contributed by atoms with Gasteiger partial charge in [0.25, 0.3) is 0 Å². The SMILES string of the molecule is Cl.O=C(CCCC1CCCCC1)N1C2CCNCC1CC2. The molecule has 2 atom stereocenters. The van der Waals surface area contributed by atoms with Crippen LogP contribution in [0, 0.1) is 5.92 Å². The van der Waals surface area contributed by atoms with Gasteiger partial charge in [0.2, 0.25) is 5.91 Å². The maximum absolute atomic E-state index is 12.6. The van der Waals surface area contributed by atoms with Crippen LogP contribution in [0.4, 0.5) is 0 Å². The van der Waals surface area contributed by atoms with Crippen LogP contribution in [-0.2, 0) is 4.79 Å². The van der Waals surface area contributed by atoms with Gasteiger partial charge in [-0.15, -0.1) is 12.4 Å². The molecule has 0 aromatic carbocycles. The third-order valence-corrected chi connectivity index (χ3v) is 5.67. The van der Waals surface area contributed by atoms with E-state index in [2.05, 4.69) is 10.2 Å². The molecular weight excluding hydrogens is 284 g/mol. The number of halogens is 1. The van der Waals surface area contributed by atoms with Crippen molar-refractivity contribution in [1.82, 2.24) is 10.2 Å². The van der Waals surface area contributed by atoms with Gasteiger partial charge in [-0.05, 0) is 44.6 Å². The molecule has 4 heteroatoms. The maximum Gasteiger partial charge on any atom is 0.223 e. The molecule has 2 heterocycles. The van der Waals surface area contributed by atoms with E-state index >= 15 is 0 Å². The fourth-order valence-electron chi connectivity index (χ4n) is 4.54. The highest BCUT2D eigenvalue weighted by Crippen LogP contribution is 2.30. The van der Waals surface area contributed by atoms with Crippen molar-refractivity contribution in [3.63, 3.8) is 0 Å². The number of nitrogens with zero attached hydrogens (tertiary/aromatic N) is 1. The van der Waals surface area contributed by atoms with Gasteiger partial charge < -0.3 is 10.2 Å². The monoisotopic (exact) mass is 314 g/mol. The molecule has 3 rings (SSSR count). The van der Waals surface area contributed by atoms with Crippen molar-refractivity contribution >= 4 is 18.3 Å². The van der Waals surface area contributed by atoms with Gasteiger partial charge in [-0.25, -0.2) is 0 Å². The molecule has 21 heavy (non-hydrogen) atoms. The summed E-state index contributed by atoms with van der Waals surface area (Å²) in [4.78, 5) is 14.8. The summed E-state index contributed by atoms with van der Waals surface area (Å²) in [6, 6.07) is 1.03. The minimum atomic E-state index is 0. The Morgan fingerprint density at radius 1 is 1.00 bits per heavy atom. The van der Waals surface area contributed by atoms with Crippen LogP contribution in [0.1, 0.15) is 70.6 Å². The van der Waals surface area contributed by atoms with E-state index in [0.717, 1.165) is 38.3 Å². The van der Waals surface area contributed by atoms with Crippen molar-refractivity contribution in [3.05, 3.63) is 0 Å². The first-order valence-electron chi connectivity index (χ1n) is 8.86. The lowest BCUT2D eigenvalue weighted by atomic mass is 9.86. The molecule has 2 bridgehead atoms. The van der Waals surface area contributed by atoms with Gasteiger partial charge in [-0.2, -0.15) is 0 Å². The topological polar surface area (TPSA) is 32.3 Å². The van der Waals surface area contributed by atoms with E-state index in [9.17, 15) is 4.79 Å². The number of hydrogen-bond donors (Lipinski definition) is 1. The van der Waals surface area contributed by atoms with Crippen LogP contribution in [0.25, 0.3) is 0 Å². The zero-order chi connectivity index (χ0) is 13.8. The molecule has 3 fully saturated rings. The summed E-state index contributed by atoms with van der Waals surface area (Å²) in [5.74, 6) is 1.36. The molecule has 3 aliphatic rings. The number of hydrogen-bond acceptors (Lipinski definition) is 2. The molecule has 2 aliphatic heterocycles. The molecule has 1 saturated carbocycles. The van der Waals surface area contributed by atoms with Gasteiger partial charge in [-0.1, -0.05) is 32.1 Å². The normalized spacial score (nSPS) is 29.8. The minimum Gasteiger partial charge on any atom is -0.335 e. The summed E-state index contributed by atoms with van der Waals surface area (Å²) >= 11 is 0. The Balaban J connectivity index is 0.00000161. The van der Waals surface area contributed by atoms with Gasteiger partial charge >= 0.3 is 0 Å². The third kappa shape index (κ3) is 4.35. The molecule has 0 aromatic rings. The van der Waals surface area contributed by atoms with Crippen molar-refractivity contribution in [2.24, 2.45) is 5.92 Å². The molecule has 3 nitrogen and oxygen atoms in total. The van der Waals surface area contributed by atoms with Gasteiger partial charge in [0.05, 0.1) is 0 Å². The van der Waals surface area contributed by atoms with Gasteiger partial charge in [0.15, 0.2) is 0 Å². The maximum atomic E-state index is 12.6. The van der Waals surface area contributed by atoms with Crippen LogP contribution >= 0.6 is 12.4 Å². The summed E-state index contributed by atoms with van der Waals surface area (Å²) in [6.07, 6.45) is 13.9. The second kappa shape index (κ2) is 8.38. The lowest BCUT2D eigenvalue weighted by Crippen LogP contribution is -2.42. The van der Waals surface area contributed by atoms with E-state index in [1.165, 1.54) is 51.4 Å². The fourth-order valence-corrected chi connectivity index (χ4v) is 4.54. The summed E-state index contributed by atoms with van der Waals surface area (Å²) in [6.45, 7) is 2.11. The van der Waals surface area contributed by atoms with Gasteiger partial charge in [0, 0.05) is 25.0 Å². The van der Waals surface area contributed by atoms with E-state index in [1.807, 2.05) is 0 Å². The molecule has 1 amide bonds. The average molecular weight is 315 g/mol. The van der Waals surface area contributed by atoms with E-state index in [4.69, 9.17) is 0 Å². The quantitative estimate of drug-likeness (QED) is 0.861. The van der Waals surface area contributed by atoms with E-state index < -0.39 is 0 Å². The molecule has 2 saturated heterocycles. The van der Waals surface area contributed by atoms with Crippen LogP contribution < -0.4 is 5.32 Å². The Labute approximate surface area is 135 Å². The Morgan fingerprint density at radius 2 is 1.76 bits per heavy atom. The van der Waals surface area contributed by atoms with Crippen molar-refractivity contribution in [2.45, 2.75) is 82.7 Å². The van der Waals surface area contributed by atoms with Crippen molar-refractivity contribution < 1.29 is 4.79 Å². The van der Waals surface area contributed by atoms with E-state index in [-0.39, 0.29) is 12.4 Å². The number of amides is 1. The second-order valence-electron chi connectivity index (χ2n) is 7.08. The highest BCUT2D eigenvalue weighted by Gasteiger charge is 2.37. The number of nitrogens with one attached hydrogen (secondary N) is 1. The van der Waals surface area contributed by atoms with Crippen LogP contribution in [0.3, 0.4) is 0 Å². The van der Waals surface area contributed by atoms with Crippen molar-refractivity contribution in [2.75, 3.05) is 13.1 Å². The Morgan fingerprint density at radius 3 is 2.57 bits per heavy atom. The highest BCUT2D eigenvalue weighted by atomic mass is 35.5. The fraction of sp³-hybridized carbons (Fsp3) is 0.941. The zero-order valence-corrected chi connectivity index (χ0v) is 14.0. The predicted octanol–water partition coefficient (Wildman–Crippen LogP) is 3.51. The lowest BCUT2D eigenvalue weighted by Gasteiger charge is -2.28. The number of fused-ring (bicyclic) bond motifs is 2. The molecular formula is C17H31ClN2O. The highest BCUT2D eigenvalue weighted by molar-refractivity contribution is 5.85. The molecule has 0 aromatic heterocycles. The Hall–Kier alpha value is -0.280. The lowest BCUT2D eigenvalue weighted by molar-refractivity contribution is -0.133. The average Bonchev–Trinajstić information content (AvgIpc) is 2.73. The molecule has 122 valence electrons. The molecule has 0 radical (unpaired) electrons. The number of carbonyl (C=O) groups excluding carboxylic acids is 1. The van der Waals surface area contributed by atoms with Crippen LogP contribution in [0.5, 0.6) is 0 Å². The van der Waals surface area contributed by atoms with Crippen LogP contribution in [0.15, 0.2) is 0 Å². The first-order chi connectivity index (χ1) is 9.84. The zero-order valence-electron chi connectivity index (χ0n) is 13.2. The van der Waals surface area contributed by atoms with Crippen LogP contribution in [-0.4, -0.2) is 36.0 Å². The molecule has 2 unspecified atom stereocenters. The van der Waals surface area contributed by atoms with Gasteiger partial charge in [0.1, 0.15) is 0 Å². The summed E-state index contributed by atoms with van der Waals surface area (Å²) in [5.41, 5.74) is 0. The molecule has 1 aliphatic carbocycles. The van der Waals surface area contributed by atoms with Crippen molar-refractivity contribution in [1.29, 1.82) is 0 Å². The number of carbonyl (C=O) groups is 1. The minimum absolute atomic E-state index is 0. The predicted molar refractivity (Wildman–Crippen MR) is 88.8 cm³/mol. The first-order valence-corrected chi connectivity index (χ1v) is 8.86. The summed E-state index contributed by atoms with van der Waals surface area (Å²) in [7, 11) is 0. The number of rotatable bonds is 4. The van der Waals surface area contributed by atoms with E-state index in [1.54, 1.807) is 0 Å². The Kier molecular flexibility index (Phi) is 6.81. The molecule has 0 spiro atoms. The standard InChI is InChI=1S/C17H30N2O.ClH/c20-17(8-4-7-14-5-2-1-3-6-14)19-15-9-10-16(19)13-18-12-11-15;/h14-16,18H,1-13H2;1H. The Bertz CT molecular complexity index is 317. The second-order valence-corrected chi connectivity index (χ2v) is 7.08. The first kappa shape index (κ1) is 17.1. The van der Waals surface area contributed by atoms with Crippen LogP contribution in [0.2, 0.25) is 0 Å². The largest absolute Gasteiger partial charge is 0.335 e. The van der Waals surface area contributed by atoms with Gasteiger partial charge in [-0.3, -0.25) is 4.79 Å². The molecule has 1 N–H and O–H groups in total. The summed E-state index contributed by atoms with van der Waals surface area (Å²) < 4.78 is 0. The third-order valence-electron chi connectivity index (χ3n) is 5.67. The smallest absolute Gasteiger partial charge is 0.223 e. The van der Waals surface area contributed by atoms with Crippen molar-refractivity contribution in [3.8, 4) is 0 Å².